The summed E-state index contributed by atoms with van der Waals surface area (Å²) in [4.78, 5) is 27.6. The highest BCUT2D eigenvalue weighted by Gasteiger charge is 2.24. The van der Waals surface area contributed by atoms with Gasteiger partial charge in [-0.3, -0.25) is 19.4 Å². The van der Waals surface area contributed by atoms with Gasteiger partial charge in [0, 0.05) is 37.4 Å². The fourth-order valence-corrected chi connectivity index (χ4v) is 5.60. The molecule has 8 heteroatoms. The van der Waals surface area contributed by atoms with Crippen molar-refractivity contribution in [1.82, 2.24) is 9.80 Å². The van der Waals surface area contributed by atoms with E-state index in [2.05, 4.69) is 0 Å². The van der Waals surface area contributed by atoms with Crippen LogP contribution in [-0.4, -0.2) is 54.9 Å². The molecule has 2 amide bonds. The zero-order valence-electron chi connectivity index (χ0n) is 15.2. The normalized spacial score (nSPS) is 17.4. The highest BCUT2D eigenvalue weighted by atomic mass is 32.2. The molecule has 0 radical (unpaired) electrons. The topological polar surface area (TPSA) is 40.6 Å². The lowest BCUT2D eigenvalue weighted by Gasteiger charge is -2.14. The van der Waals surface area contributed by atoms with Crippen molar-refractivity contribution in [3.05, 3.63) is 0 Å². The Hall–Kier alpha value is -0.180. The summed E-state index contributed by atoms with van der Waals surface area (Å²) in [7, 11) is 0. The molecule has 26 heavy (non-hydrogen) atoms. The van der Waals surface area contributed by atoms with Crippen LogP contribution in [0.1, 0.15) is 64.2 Å². The average Bonchev–Trinajstić information content (AvgIpc) is 3.24. The van der Waals surface area contributed by atoms with Crippen LogP contribution in [0.5, 0.6) is 0 Å². The summed E-state index contributed by atoms with van der Waals surface area (Å²) in [5, 5.41) is 0. The highest BCUT2D eigenvalue weighted by Crippen LogP contribution is 2.21. The smallest absolute Gasteiger partial charge is 0.228 e. The van der Waals surface area contributed by atoms with Gasteiger partial charge in [0.2, 0.25) is 11.8 Å². The molecule has 0 aromatic carbocycles. The number of thioether (sulfide) groups is 2. The predicted octanol–water partition coefficient (Wildman–Crippen LogP) is 4.61. The van der Waals surface area contributed by atoms with Crippen molar-refractivity contribution in [3.63, 3.8) is 0 Å². The van der Waals surface area contributed by atoms with Gasteiger partial charge in [-0.2, -0.15) is 0 Å². The molecule has 2 aliphatic heterocycles. The Morgan fingerprint density at radius 2 is 1.04 bits per heavy atom. The largest absolute Gasteiger partial charge is 0.297 e. The van der Waals surface area contributed by atoms with E-state index in [0.717, 1.165) is 58.9 Å². The summed E-state index contributed by atoms with van der Waals surface area (Å²) in [5.74, 6) is 2.28. The van der Waals surface area contributed by atoms with Crippen molar-refractivity contribution >= 4 is 68.4 Å². The molecule has 2 rings (SSSR count). The first kappa shape index (κ1) is 22.1. The van der Waals surface area contributed by atoms with Crippen molar-refractivity contribution in [2.75, 3.05) is 24.6 Å². The van der Waals surface area contributed by atoms with E-state index in [4.69, 9.17) is 24.4 Å². The van der Waals surface area contributed by atoms with Crippen LogP contribution in [0.15, 0.2) is 0 Å². The summed E-state index contributed by atoms with van der Waals surface area (Å²) >= 11 is 13.6. The van der Waals surface area contributed by atoms with Crippen LogP contribution in [0, 0.1) is 0 Å². The second kappa shape index (κ2) is 12.3. The molecule has 0 unspecified atom stereocenters. The number of thiocarbonyl (C=S) groups is 2. The molecule has 0 aromatic heterocycles. The number of amides is 2. The number of unbranched alkanes of at least 4 members (excludes halogenated alkanes) is 7. The first-order chi connectivity index (χ1) is 12.6. The van der Waals surface area contributed by atoms with Gasteiger partial charge < -0.3 is 0 Å². The number of rotatable bonds is 11. The molecule has 0 bridgehead atoms. The van der Waals surface area contributed by atoms with Crippen LogP contribution in [0.25, 0.3) is 0 Å². The summed E-state index contributed by atoms with van der Waals surface area (Å²) in [5.41, 5.74) is 0. The fourth-order valence-electron chi connectivity index (χ4n) is 3.12. The number of carbonyl (C=O) groups is 2. The quantitative estimate of drug-likeness (QED) is 0.351. The van der Waals surface area contributed by atoms with Gasteiger partial charge in [0.1, 0.15) is 8.64 Å². The highest BCUT2D eigenvalue weighted by molar-refractivity contribution is 8.23. The van der Waals surface area contributed by atoms with Gasteiger partial charge in [-0.25, -0.2) is 0 Å². The monoisotopic (exact) mass is 432 g/mol. The SMILES string of the molecule is O=C(CCCCCCCCCCC(=O)N1CCSC1=S)N1CCSC1=S. The molecule has 0 aromatic rings. The molecule has 0 atom stereocenters. The van der Waals surface area contributed by atoms with Gasteiger partial charge in [0.25, 0.3) is 0 Å². The Morgan fingerprint density at radius 3 is 1.35 bits per heavy atom. The zero-order chi connectivity index (χ0) is 18.8. The van der Waals surface area contributed by atoms with Gasteiger partial charge in [-0.15, -0.1) is 0 Å². The van der Waals surface area contributed by atoms with Gasteiger partial charge >= 0.3 is 0 Å². The van der Waals surface area contributed by atoms with E-state index >= 15 is 0 Å². The second-order valence-electron chi connectivity index (χ2n) is 6.65. The number of hydrogen-bond acceptors (Lipinski definition) is 6. The Labute approximate surface area is 176 Å². The molecule has 0 saturated carbocycles. The van der Waals surface area contributed by atoms with E-state index in [9.17, 15) is 9.59 Å². The minimum atomic E-state index is 0.195. The maximum absolute atomic E-state index is 12.0. The summed E-state index contributed by atoms with van der Waals surface area (Å²) < 4.78 is 1.50. The Kier molecular flexibility index (Phi) is 10.5. The van der Waals surface area contributed by atoms with Crippen molar-refractivity contribution in [1.29, 1.82) is 0 Å². The Balaban J connectivity index is 1.38. The third-order valence-electron chi connectivity index (χ3n) is 4.66. The van der Waals surface area contributed by atoms with Gasteiger partial charge in [0.05, 0.1) is 0 Å². The molecule has 0 spiro atoms. The summed E-state index contributed by atoms with van der Waals surface area (Å²) in [6, 6.07) is 0. The van der Waals surface area contributed by atoms with Crippen LogP contribution in [0.3, 0.4) is 0 Å². The second-order valence-corrected chi connectivity index (χ2v) is 10.1. The van der Waals surface area contributed by atoms with E-state index in [0.29, 0.717) is 12.8 Å². The third-order valence-corrected chi connectivity index (χ3v) is 7.51. The lowest BCUT2D eigenvalue weighted by Crippen LogP contribution is -2.30. The van der Waals surface area contributed by atoms with E-state index < -0.39 is 0 Å². The fraction of sp³-hybridized carbons (Fsp3) is 0.778. The summed E-state index contributed by atoms with van der Waals surface area (Å²) in [6.07, 6.45) is 10.2. The third kappa shape index (κ3) is 7.44. The lowest BCUT2D eigenvalue weighted by atomic mass is 10.1. The average molecular weight is 433 g/mol. The molecule has 2 saturated heterocycles. The molecular weight excluding hydrogens is 404 g/mol. The zero-order valence-corrected chi connectivity index (χ0v) is 18.5. The van der Waals surface area contributed by atoms with E-state index in [-0.39, 0.29) is 11.8 Å². The van der Waals surface area contributed by atoms with E-state index in [1.807, 2.05) is 0 Å². The first-order valence-electron chi connectivity index (χ1n) is 9.54. The van der Waals surface area contributed by atoms with Crippen LogP contribution in [0.2, 0.25) is 0 Å². The predicted molar refractivity (Wildman–Crippen MR) is 120 cm³/mol. The Bertz CT molecular complexity index is 481. The number of carbonyl (C=O) groups excluding carboxylic acids is 2. The molecule has 146 valence electrons. The van der Waals surface area contributed by atoms with Crippen LogP contribution in [-0.2, 0) is 9.59 Å². The van der Waals surface area contributed by atoms with Gasteiger partial charge in [0.15, 0.2) is 0 Å². The molecule has 0 aliphatic carbocycles. The van der Waals surface area contributed by atoms with Crippen molar-refractivity contribution in [2.24, 2.45) is 0 Å². The number of hydrogen-bond donors (Lipinski definition) is 0. The van der Waals surface area contributed by atoms with Crippen LogP contribution in [0.4, 0.5) is 0 Å². The first-order valence-corrected chi connectivity index (χ1v) is 12.3. The molecule has 2 fully saturated rings. The Morgan fingerprint density at radius 1 is 0.692 bits per heavy atom. The van der Waals surface area contributed by atoms with Crippen LogP contribution >= 0.6 is 48.0 Å². The maximum Gasteiger partial charge on any atom is 0.228 e. The summed E-state index contributed by atoms with van der Waals surface area (Å²) in [6.45, 7) is 1.57. The van der Waals surface area contributed by atoms with Crippen LogP contribution < -0.4 is 0 Å². The maximum atomic E-state index is 12.0. The van der Waals surface area contributed by atoms with Gasteiger partial charge in [-0.1, -0.05) is 86.5 Å². The molecule has 2 heterocycles. The lowest BCUT2D eigenvalue weighted by molar-refractivity contribution is -0.127. The molecule has 2 aliphatic rings. The molecule has 4 nitrogen and oxygen atoms in total. The van der Waals surface area contributed by atoms with Crippen molar-refractivity contribution in [3.8, 4) is 0 Å². The molecular formula is C18H28N2O2S4. The molecule has 0 N–H and O–H groups in total. The minimum Gasteiger partial charge on any atom is -0.297 e. The standard InChI is InChI=1S/C18H28N2O2S4/c21-15(19-11-13-25-17(19)23)9-7-5-3-1-2-4-6-8-10-16(22)20-12-14-26-18(20)24/h1-14H2. The van der Waals surface area contributed by atoms with Crippen molar-refractivity contribution < 1.29 is 9.59 Å². The van der Waals surface area contributed by atoms with Gasteiger partial charge in [-0.05, 0) is 12.8 Å². The minimum absolute atomic E-state index is 0.195. The van der Waals surface area contributed by atoms with E-state index in [1.54, 1.807) is 33.3 Å². The number of nitrogens with zero attached hydrogens (tertiary/aromatic N) is 2. The van der Waals surface area contributed by atoms with E-state index in [1.165, 1.54) is 25.7 Å². The van der Waals surface area contributed by atoms with Crippen molar-refractivity contribution in [2.45, 2.75) is 64.2 Å².